The summed E-state index contributed by atoms with van der Waals surface area (Å²) < 4.78 is 0. The van der Waals surface area contributed by atoms with Crippen molar-refractivity contribution in [2.75, 3.05) is 0 Å². The molecule has 0 aromatic carbocycles. The van der Waals surface area contributed by atoms with Crippen LogP contribution in [-0.4, -0.2) is 27.5 Å². The zero-order chi connectivity index (χ0) is 13.7. The number of rotatable bonds is 4. The summed E-state index contributed by atoms with van der Waals surface area (Å²) in [5, 5.41) is 17.3. The topological polar surface area (TPSA) is 86.8 Å². The molecule has 2 aliphatic carbocycles. The highest BCUT2D eigenvalue weighted by atomic mass is 17.0. The third-order valence-corrected chi connectivity index (χ3v) is 5.52. The minimum absolute atomic E-state index is 0.0256. The zero-order valence-corrected chi connectivity index (χ0v) is 10.9. The van der Waals surface area contributed by atoms with E-state index in [2.05, 4.69) is 13.8 Å². The molecule has 2 fully saturated rings. The highest BCUT2D eigenvalue weighted by molar-refractivity contribution is 5.67. The van der Waals surface area contributed by atoms with Crippen molar-refractivity contribution >= 4 is 5.97 Å². The molecule has 2 rings (SSSR count). The Bertz CT molecular complexity index is 394. The highest BCUT2D eigenvalue weighted by Crippen LogP contribution is 2.69. The summed E-state index contributed by atoms with van der Waals surface area (Å²) in [6.07, 6.45) is 1.28. The molecule has 4 atom stereocenters. The second-order valence-electron chi connectivity index (χ2n) is 6.31. The first kappa shape index (κ1) is 13.1. The van der Waals surface area contributed by atoms with Crippen LogP contribution in [0.5, 0.6) is 0 Å². The lowest BCUT2D eigenvalue weighted by atomic mass is 9.70. The Hall–Kier alpha value is -1.33. The van der Waals surface area contributed by atoms with Crippen molar-refractivity contribution in [2.24, 2.45) is 22.7 Å². The van der Waals surface area contributed by atoms with E-state index in [1.54, 1.807) is 0 Å². The second-order valence-corrected chi connectivity index (χ2v) is 6.31. The van der Waals surface area contributed by atoms with Crippen molar-refractivity contribution in [3.8, 4) is 0 Å². The summed E-state index contributed by atoms with van der Waals surface area (Å²) in [5.41, 5.74) is -0.364. The number of carboxylic acids is 1. The maximum Gasteiger partial charge on any atom is 0.475 e. The SMILES string of the molecule is CC1(C)C2CCC1(C)C(O[N+](=O)O)C2CC(=O)O. The fourth-order valence-electron chi connectivity index (χ4n) is 4.25. The van der Waals surface area contributed by atoms with Gasteiger partial charge in [-0.25, -0.2) is 5.21 Å². The Kier molecular flexibility index (Phi) is 2.79. The van der Waals surface area contributed by atoms with Crippen LogP contribution in [-0.2, 0) is 9.63 Å². The normalized spacial score (nSPS) is 40.7. The maximum atomic E-state index is 11.0. The van der Waals surface area contributed by atoms with E-state index in [-0.39, 0.29) is 29.1 Å². The van der Waals surface area contributed by atoms with Gasteiger partial charge in [-0.2, -0.15) is 4.84 Å². The van der Waals surface area contributed by atoms with E-state index in [1.807, 2.05) is 6.92 Å². The summed E-state index contributed by atoms with van der Waals surface area (Å²) >= 11 is 0. The lowest BCUT2D eigenvalue weighted by Crippen LogP contribution is -2.41. The largest absolute Gasteiger partial charge is 0.481 e. The van der Waals surface area contributed by atoms with Crippen LogP contribution in [0, 0.1) is 27.6 Å². The molecule has 6 nitrogen and oxygen atoms in total. The molecule has 2 bridgehead atoms. The standard InChI is InChI=1S/C12H19NO5/c1-11(2)8-4-5-12(11,3)10(18-13(16)17)7(8)6-9(14)15/h7-8,10H,4-6H2,1-3H3,(H-,14,15,16,17)/p+1. The van der Waals surface area contributed by atoms with Crippen LogP contribution in [0.4, 0.5) is 0 Å². The Morgan fingerprint density at radius 1 is 1.44 bits per heavy atom. The number of hydrogen-bond donors (Lipinski definition) is 2. The van der Waals surface area contributed by atoms with Gasteiger partial charge in [0.25, 0.3) is 0 Å². The van der Waals surface area contributed by atoms with Gasteiger partial charge in [0.1, 0.15) is 4.91 Å². The first-order valence-corrected chi connectivity index (χ1v) is 6.25. The van der Waals surface area contributed by atoms with Crippen molar-refractivity contribution in [1.29, 1.82) is 0 Å². The Balaban J connectivity index is 2.34. The van der Waals surface area contributed by atoms with Crippen molar-refractivity contribution in [2.45, 2.75) is 46.1 Å². The molecule has 0 heterocycles. The minimum Gasteiger partial charge on any atom is -0.481 e. The van der Waals surface area contributed by atoms with Crippen LogP contribution < -0.4 is 0 Å². The number of carboxylic acid groups (broad SMARTS) is 1. The van der Waals surface area contributed by atoms with Gasteiger partial charge < -0.3 is 5.11 Å². The molecule has 6 heteroatoms. The third-order valence-electron chi connectivity index (χ3n) is 5.52. The molecule has 4 unspecified atom stereocenters. The van der Waals surface area contributed by atoms with E-state index in [1.165, 1.54) is 0 Å². The van der Waals surface area contributed by atoms with E-state index in [4.69, 9.17) is 15.2 Å². The lowest BCUT2D eigenvalue weighted by molar-refractivity contribution is -0.984. The van der Waals surface area contributed by atoms with Gasteiger partial charge in [0.2, 0.25) is 0 Å². The summed E-state index contributed by atoms with van der Waals surface area (Å²) in [6, 6.07) is 0. The van der Waals surface area contributed by atoms with Gasteiger partial charge in [-0.3, -0.25) is 4.79 Å². The molecule has 0 saturated heterocycles. The van der Waals surface area contributed by atoms with Gasteiger partial charge in [0.05, 0.1) is 6.42 Å². The summed E-state index contributed by atoms with van der Waals surface area (Å²) in [4.78, 5) is 26.7. The molecule has 2 saturated carbocycles. The van der Waals surface area contributed by atoms with Crippen molar-refractivity contribution in [1.82, 2.24) is 0 Å². The van der Waals surface area contributed by atoms with Crippen LogP contribution in [0.1, 0.15) is 40.0 Å². The molecule has 0 spiro atoms. The van der Waals surface area contributed by atoms with Gasteiger partial charge in [-0.05, 0) is 24.2 Å². The third kappa shape index (κ3) is 1.58. The van der Waals surface area contributed by atoms with Crippen LogP contribution in [0.2, 0.25) is 0 Å². The monoisotopic (exact) mass is 258 g/mol. The van der Waals surface area contributed by atoms with Crippen molar-refractivity contribution in [3.63, 3.8) is 0 Å². The van der Waals surface area contributed by atoms with Gasteiger partial charge in [-0.1, -0.05) is 20.8 Å². The molecule has 0 amide bonds. The average molecular weight is 258 g/mol. The predicted molar refractivity (Wildman–Crippen MR) is 60.6 cm³/mol. The number of carbonyl (C=O) groups is 1. The van der Waals surface area contributed by atoms with E-state index >= 15 is 0 Å². The molecular weight excluding hydrogens is 238 g/mol. The Labute approximate surface area is 105 Å². The number of hydrogen-bond acceptors (Lipinski definition) is 3. The van der Waals surface area contributed by atoms with Crippen molar-refractivity contribution < 1.29 is 25.0 Å². The van der Waals surface area contributed by atoms with Crippen LogP contribution in [0.3, 0.4) is 0 Å². The molecule has 102 valence electrons. The van der Waals surface area contributed by atoms with Crippen LogP contribution in [0.25, 0.3) is 0 Å². The van der Waals surface area contributed by atoms with Gasteiger partial charge in [0.15, 0.2) is 6.10 Å². The molecule has 0 aromatic heterocycles. The maximum absolute atomic E-state index is 11.0. The van der Waals surface area contributed by atoms with Crippen molar-refractivity contribution in [3.05, 3.63) is 4.91 Å². The first-order valence-electron chi connectivity index (χ1n) is 6.25. The minimum atomic E-state index is -0.893. The smallest absolute Gasteiger partial charge is 0.475 e. The van der Waals surface area contributed by atoms with Gasteiger partial charge >= 0.3 is 11.1 Å². The highest BCUT2D eigenvalue weighted by Gasteiger charge is 2.69. The fraction of sp³-hybridized carbons (Fsp3) is 0.917. The van der Waals surface area contributed by atoms with E-state index in [9.17, 15) is 9.70 Å². The molecule has 2 aliphatic rings. The molecule has 0 radical (unpaired) electrons. The van der Waals surface area contributed by atoms with E-state index in [0.717, 1.165) is 12.8 Å². The van der Waals surface area contributed by atoms with Crippen LogP contribution in [0.15, 0.2) is 0 Å². The van der Waals surface area contributed by atoms with Crippen LogP contribution >= 0.6 is 0 Å². The Morgan fingerprint density at radius 3 is 2.56 bits per heavy atom. The fourth-order valence-corrected chi connectivity index (χ4v) is 4.25. The lowest BCUT2D eigenvalue weighted by Gasteiger charge is -2.35. The quantitative estimate of drug-likeness (QED) is 0.753. The molecule has 2 N–H and O–H groups in total. The first-order chi connectivity index (χ1) is 8.20. The number of nitrogens with zero attached hydrogens (tertiary/aromatic N) is 1. The Morgan fingerprint density at radius 2 is 2.06 bits per heavy atom. The van der Waals surface area contributed by atoms with E-state index in [0.29, 0.717) is 0 Å². The molecule has 18 heavy (non-hydrogen) atoms. The van der Waals surface area contributed by atoms with Gasteiger partial charge in [-0.15, -0.1) is 0 Å². The zero-order valence-electron chi connectivity index (χ0n) is 10.9. The summed E-state index contributed by atoms with van der Waals surface area (Å²) in [5.74, 6) is -0.903. The average Bonchev–Trinajstić information content (AvgIpc) is 2.50. The van der Waals surface area contributed by atoms with Gasteiger partial charge in [0, 0.05) is 11.3 Å². The summed E-state index contributed by atoms with van der Waals surface area (Å²) in [6.45, 7) is 6.20. The summed E-state index contributed by atoms with van der Waals surface area (Å²) in [7, 11) is 0. The molecular formula is C12H20NO5+. The second kappa shape index (κ2) is 3.83. The molecule has 0 aromatic rings. The number of aliphatic carboxylic acids is 1. The predicted octanol–water partition coefficient (Wildman–Crippen LogP) is 2.00. The number of fused-ring (bicyclic) bond motifs is 2. The van der Waals surface area contributed by atoms with E-state index < -0.39 is 17.2 Å². The molecule has 0 aliphatic heterocycles.